The first-order valence-electron chi connectivity index (χ1n) is 10.5. The number of halogens is 1. The van der Waals surface area contributed by atoms with Crippen LogP contribution in [0.15, 0.2) is 71.9 Å². The van der Waals surface area contributed by atoms with Crippen LogP contribution in [-0.4, -0.2) is 47.8 Å². The smallest absolute Gasteiger partial charge is 0.234 e. The molecule has 0 aliphatic carbocycles. The third-order valence-corrected chi connectivity index (χ3v) is 6.21. The standard InChI is InChI=1S/C25H23ClN4O4S/c1-32-20-10-4-16(5-11-20)24-28-29-25(30(24)19-8-6-17(26)7-9-19)35-15-23(31)27-18-12-21(33-2)14-22(13-18)34-3/h4-14H,15H2,1-3H3,(H,27,31). The Hall–Kier alpha value is -3.69. The van der Waals surface area contributed by atoms with Crippen LogP contribution < -0.4 is 19.5 Å². The molecule has 10 heteroatoms. The van der Waals surface area contributed by atoms with Crippen molar-refractivity contribution in [2.45, 2.75) is 5.16 Å². The highest BCUT2D eigenvalue weighted by Gasteiger charge is 2.18. The van der Waals surface area contributed by atoms with Crippen molar-refractivity contribution >= 4 is 35.0 Å². The summed E-state index contributed by atoms with van der Waals surface area (Å²) in [4.78, 5) is 12.7. The average molecular weight is 511 g/mol. The highest BCUT2D eigenvalue weighted by atomic mass is 35.5. The number of hydrogen-bond acceptors (Lipinski definition) is 7. The average Bonchev–Trinajstić information content (AvgIpc) is 3.31. The number of nitrogens with zero attached hydrogens (tertiary/aromatic N) is 3. The summed E-state index contributed by atoms with van der Waals surface area (Å²) in [5, 5.41) is 12.8. The number of thioether (sulfide) groups is 1. The molecule has 0 aliphatic rings. The molecule has 3 aromatic carbocycles. The van der Waals surface area contributed by atoms with Crippen molar-refractivity contribution in [2.75, 3.05) is 32.4 Å². The largest absolute Gasteiger partial charge is 0.497 e. The van der Waals surface area contributed by atoms with Crippen molar-refractivity contribution in [3.63, 3.8) is 0 Å². The third-order valence-electron chi connectivity index (χ3n) is 5.03. The molecule has 0 bridgehead atoms. The zero-order valence-corrected chi connectivity index (χ0v) is 20.9. The summed E-state index contributed by atoms with van der Waals surface area (Å²) in [5.41, 5.74) is 2.25. The molecule has 8 nitrogen and oxygen atoms in total. The number of amides is 1. The molecule has 0 saturated heterocycles. The van der Waals surface area contributed by atoms with Crippen LogP contribution in [0.2, 0.25) is 5.02 Å². The van der Waals surface area contributed by atoms with E-state index in [1.807, 2.05) is 41.0 Å². The number of methoxy groups -OCH3 is 3. The van der Waals surface area contributed by atoms with Gasteiger partial charge in [-0.2, -0.15) is 0 Å². The molecule has 0 spiro atoms. The number of aromatic nitrogens is 3. The first kappa shape index (κ1) is 24.4. The highest BCUT2D eigenvalue weighted by Crippen LogP contribution is 2.30. The van der Waals surface area contributed by atoms with Crippen LogP contribution in [0.25, 0.3) is 17.1 Å². The minimum Gasteiger partial charge on any atom is -0.497 e. The molecule has 0 unspecified atom stereocenters. The lowest BCUT2D eigenvalue weighted by molar-refractivity contribution is -0.113. The van der Waals surface area contributed by atoms with Crippen molar-refractivity contribution in [3.05, 3.63) is 71.8 Å². The summed E-state index contributed by atoms with van der Waals surface area (Å²) in [7, 11) is 4.73. The van der Waals surface area contributed by atoms with Crippen LogP contribution in [0.4, 0.5) is 5.69 Å². The van der Waals surface area contributed by atoms with Gasteiger partial charge in [-0.05, 0) is 48.5 Å². The Morgan fingerprint density at radius 1 is 0.886 bits per heavy atom. The molecule has 180 valence electrons. The lowest BCUT2D eigenvalue weighted by Crippen LogP contribution is -2.14. The van der Waals surface area contributed by atoms with E-state index in [1.54, 1.807) is 51.7 Å². The lowest BCUT2D eigenvalue weighted by Gasteiger charge is -2.12. The molecule has 1 aromatic heterocycles. The number of nitrogens with one attached hydrogen (secondary N) is 1. The molecular formula is C25H23ClN4O4S. The van der Waals surface area contributed by atoms with Gasteiger partial charge in [0.1, 0.15) is 17.2 Å². The monoisotopic (exact) mass is 510 g/mol. The SMILES string of the molecule is COc1ccc(-c2nnc(SCC(=O)Nc3cc(OC)cc(OC)c3)n2-c2ccc(Cl)cc2)cc1. The second-order valence-electron chi connectivity index (χ2n) is 7.28. The minimum atomic E-state index is -0.207. The quantitative estimate of drug-likeness (QED) is 0.304. The van der Waals surface area contributed by atoms with Gasteiger partial charge in [-0.3, -0.25) is 9.36 Å². The van der Waals surface area contributed by atoms with Crippen molar-refractivity contribution < 1.29 is 19.0 Å². The van der Waals surface area contributed by atoms with Gasteiger partial charge in [-0.15, -0.1) is 10.2 Å². The first-order valence-corrected chi connectivity index (χ1v) is 11.9. The molecule has 1 heterocycles. The van der Waals surface area contributed by atoms with E-state index >= 15 is 0 Å². The van der Waals surface area contributed by atoms with E-state index in [0.717, 1.165) is 17.0 Å². The molecule has 4 rings (SSSR count). The van der Waals surface area contributed by atoms with Gasteiger partial charge in [0.15, 0.2) is 11.0 Å². The number of rotatable bonds is 9. The van der Waals surface area contributed by atoms with E-state index in [4.69, 9.17) is 25.8 Å². The number of carbonyl (C=O) groups is 1. The fourth-order valence-electron chi connectivity index (χ4n) is 3.32. The molecule has 35 heavy (non-hydrogen) atoms. The van der Waals surface area contributed by atoms with Gasteiger partial charge in [-0.25, -0.2) is 0 Å². The zero-order valence-electron chi connectivity index (χ0n) is 19.3. The van der Waals surface area contributed by atoms with Crippen LogP contribution >= 0.6 is 23.4 Å². The lowest BCUT2D eigenvalue weighted by atomic mass is 10.2. The summed E-state index contributed by atoms with van der Waals surface area (Å²) in [6, 6.07) is 20.1. The third kappa shape index (κ3) is 5.87. The topological polar surface area (TPSA) is 87.5 Å². The Labute approximate surface area is 212 Å². The molecule has 0 radical (unpaired) electrons. The fraction of sp³-hybridized carbons (Fsp3) is 0.160. The second-order valence-corrected chi connectivity index (χ2v) is 8.66. The van der Waals surface area contributed by atoms with Gasteiger partial charge in [0.05, 0.1) is 27.1 Å². The molecular weight excluding hydrogens is 488 g/mol. The Morgan fingerprint density at radius 2 is 1.51 bits per heavy atom. The van der Waals surface area contributed by atoms with Gasteiger partial charge >= 0.3 is 0 Å². The van der Waals surface area contributed by atoms with Crippen LogP contribution in [0, 0.1) is 0 Å². The Bertz CT molecular complexity index is 1290. The second kappa shape index (κ2) is 11.2. The normalized spacial score (nSPS) is 10.6. The van der Waals surface area contributed by atoms with Crippen LogP contribution in [0.3, 0.4) is 0 Å². The number of carbonyl (C=O) groups excluding carboxylic acids is 1. The highest BCUT2D eigenvalue weighted by molar-refractivity contribution is 7.99. The maximum Gasteiger partial charge on any atom is 0.234 e. The van der Waals surface area contributed by atoms with Gasteiger partial charge in [0, 0.05) is 40.2 Å². The summed E-state index contributed by atoms with van der Waals surface area (Å²) < 4.78 is 17.7. The van der Waals surface area contributed by atoms with E-state index < -0.39 is 0 Å². The maximum atomic E-state index is 12.7. The van der Waals surface area contributed by atoms with Crippen LogP contribution in [0.5, 0.6) is 17.2 Å². The van der Waals surface area contributed by atoms with E-state index in [0.29, 0.717) is 33.2 Å². The maximum absolute atomic E-state index is 12.7. The van der Waals surface area contributed by atoms with Gasteiger partial charge < -0.3 is 19.5 Å². The summed E-state index contributed by atoms with van der Waals surface area (Å²) in [6.07, 6.45) is 0. The van der Waals surface area contributed by atoms with Crippen molar-refractivity contribution in [3.8, 4) is 34.3 Å². The van der Waals surface area contributed by atoms with E-state index in [9.17, 15) is 4.79 Å². The number of benzene rings is 3. The molecule has 1 N–H and O–H groups in total. The minimum absolute atomic E-state index is 0.119. The number of hydrogen-bond donors (Lipinski definition) is 1. The number of ether oxygens (including phenoxy) is 3. The predicted octanol–water partition coefficient (Wildman–Crippen LogP) is 5.34. The van der Waals surface area contributed by atoms with Gasteiger partial charge in [0.25, 0.3) is 0 Å². The number of anilines is 1. The van der Waals surface area contributed by atoms with Crippen LogP contribution in [0.1, 0.15) is 0 Å². The summed E-state index contributed by atoms with van der Waals surface area (Å²) in [5.74, 6) is 2.45. The van der Waals surface area contributed by atoms with Gasteiger partial charge in [-0.1, -0.05) is 23.4 Å². The summed E-state index contributed by atoms with van der Waals surface area (Å²) in [6.45, 7) is 0. The Kier molecular flexibility index (Phi) is 7.79. The molecule has 0 fully saturated rings. The summed E-state index contributed by atoms with van der Waals surface area (Å²) >= 11 is 7.37. The first-order chi connectivity index (χ1) is 17.0. The Morgan fingerprint density at radius 3 is 2.11 bits per heavy atom. The Balaban J connectivity index is 1.58. The van der Waals surface area contributed by atoms with Crippen molar-refractivity contribution in [1.29, 1.82) is 0 Å². The van der Waals surface area contributed by atoms with Crippen molar-refractivity contribution in [1.82, 2.24) is 14.8 Å². The molecule has 0 atom stereocenters. The van der Waals surface area contributed by atoms with E-state index in [-0.39, 0.29) is 11.7 Å². The molecule has 4 aromatic rings. The van der Waals surface area contributed by atoms with Crippen LogP contribution in [-0.2, 0) is 4.79 Å². The zero-order chi connectivity index (χ0) is 24.8. The van der Waals surface area contributed by atoms with Crippen molar-refractivity contribution in [2.24, 2.45) is 0 Å². The fourth-order valence-corrected chi connectivity index (χ4v) is 4.20. The molecule has 0 saturated carbocycles. The van der Waals surface area contributed by atoms with E-state index in [2.05, 4.69) is 15.5 Å². The molecule has 0 aliphatic heterocycles. The molecule has 1 amide bonds. The van der Waals surface area contributed by atoms with Gasteiger partial charge in [0.2, 0.25) is 5.91 Å². The predicted molar refractivity (Wildman–Crippen MR) is 137 cm³/mol. The van der Waals surface area contributed by atoms with E-state index in [1.165, 1.54) is 11.8 Å².